The average Bonchev–Trinajstić information content (AvgIpc) is 3.14. The van der Waals surface area contributed by atoms with Gasteiger partial charge in [-0.3, -0.25) is 9.69 Å². The van der Waals surface area contributed by atoms with Crippen LogP contribution in [-0.4, -0.2) is 42.6 Å². The van der Waals surface area contributed by atoms with E-state index in [1.165, 1.54) is 25.7 Å². The zero-order valence-corrected chi connectivity index (χ0v) is 16.3. The van der Waals surface area contributed by atoms with Crippen LogP contribution >= 0.6 is 0 Å². The molecule has 2 atom stereocenters. The van der Waals surface area contributed by atoms with E-state index in [-0.39, 0.29) is 12.0 Å². The number of hydrogen-bond acceptors (Lipinski definition) is 3. The highest BCUT2D eigenvalue weighted by molar-refractivity contribution is 5.97. The molecule has 146 valence electrons. The van der Waals surface area contributed by atoms with Crippen LogP contribution in [0.1, 0.15) is 67.8 Å². The number of amides is 2. The van der Waals surface area contributed by atoms with Gasteiger partial charge in [-0.1, -0.05) is 19.8 Å². The number of hydrogen-bond donors (Lipinski definition) is 0. The topological polar surface area (TPSA) is 49.9 Å². The van der Waals surface area contributed by atoms with Crippen molar-refractivity contribution < 1.29 is 14.3 Å². The predicted molar refractivity (Wildman–Crippen MR) is 105 cm³/mol. The van der Waals surface area contributed by atoms with Crippen LogP contribution < -0.4 is 4.90 Å². The maximum atomic E-state index is 13.2. The number of rotatable bonds is 3. The molecule has 1 aromatic carbocycles. The molecule has 0 aromatic heterocycles. The van der Waals surface area contributed by atoms with Crippen molar-refractivity contribution in [1.82, 2.24) is 4.90 Å². The molecule has 2 aliphatic heterocycles. The molecule has 2 heterocycles. The first-order chi connectivity index (χ1) is 13.2. The van der Waals surface area contributed by atoms with Crippen molar-refractivity contribution >= 4 is 17.7 Å². The molecule has 1 aliphatic carbocycles. The van der Waals surface area contributed by atoms with Crippen LogP contribution in [0.5, 0.6) is 0 Å². The van der Waals surface area contributed by atoms with Gasteiger partial charge in [0.1, 0.15) is 0 Å². The quantitative estimate of drug-likeness (QED) is 0.793. The first-order valence-electron chi connectivity index (χ1n) is 10.6. The summed E-state index contributed by atoms with van der Waals surface area (Å²) in [6.07, 6.45) is 8.68. The summed E-state index contributed by atoms with van der Waals surface area (Å²) in [5.41, 5.74) is 2.73. The van der Waals surface area contributed by atoms with Gasteiger partial charge in [-0.2, -0.15) is 0 Å². The van der Waals surface area contributed by atoms with Crippen LogP contribution in [0.15, 0.2) is 18.2 Å². The summed E-state index contributed by atoms with van der Waals surface area (Å²) in [6.45, 7) is 3.94. The molecule has 5 heteroatoms. The third-order valence-electron chi connectivity index (χ3n) is 6.38. The van der Waals surface area contributed by atoms with Crippen molar-refractivity contribution in [3.63, 3.8) is 0 Å². The molecule has 3 aliphatic rings. The van der Waals surface area contributed by atoms with Crippen molar-refractivity contribution in [2.75, 3.05) is 24.6 Å². The van der Waals surface area contributed by atoms with Gasteiger partial charge >= 0.3 is 6.09 Å². The summed E-state index contributed by atoms with van der Waals surface area (Å²) in [6, 6.07) is 6.23. The fraction of sp³-hybridized carbons (Fsp3) is 0.636. The zero-order valence-electron chi connectivity index (χ0n) is 16.3. The molecule has 1 saturated heterocycles. The maximum absolute atomic E-state index is 13.2. The molecule has 0 bridgehead atoms. The number of benzene rings is 1. The number of likely N-dealkylation sites (tertiary alicyclic amines) is 1. The van der Waals surface area contributed by atoms with Crippen molar-refractivity contribution in [1.29, 1.82) is 0 Å². The van der Waals surface area contributed by atoms with E-state index in [4.69, 9.17) is 4.74 Å². The second kappa shape index (κ2) is 7.91. The summed E-state index contributed by atoms with van der Waals surface area (Å²) in [7, 11) is 0. The predicted octanol–water partition coefficient (Wildman–Crippen LogP) is 4.39. The average molecular weight is 370 g/mol. The highest BCUT2D eigenvalue weighted by Gasteiger charge is 2.36. The van der Waals surface area contributed by atoms with Crippen molar-refractivity contribution in [2.45, 2.75) is 64.3 Å². The Morgan fingerprint density at radius 1 is 1.11 bits per heavy atom. The highest BCUT2D eigenvalue weighted by atomic mass is 16.6. The van der Waals surface area contributed by atoms with E-state index in [2.05, 4.69) is 4.90 Å². The second-order valence-corrected chi connectivity index (χ2v) is 8.11. The first-order valence-corrected chi connectivity index (χ1v) is 10.6. The molecule has 2 fully saturated rings. The Balaban J connectivity index is 1.50. The van der Waals surface area contributed by atoms with Crippen molar-refractivity contribution in [3.8, 4) is 0 Å². The molecule has 0 N–H and O–H groups in total. The standard InChI is InChI=1S/C22H30N2O3/c1-2-14-27-22(26)24-13-11-17-15-18(9-10-20(17)24)21(25)23-12-5-7-16-6-3-4-8-19(16)23/h9-10,15-16,19H,2-8,11-14H2,1H3/t16-,19-/m1/s1. The van der Waals surface area contributed by atoms with Crippen molar-refractivity contribution in [2.24, 2.45) is 5.92 Å². The van der Waals surface area contributed by atoms with Crippen LogP contribution in [0.4, 0.5) is 10.5 Å². The highest BCUT2D eigenvalue weighted by Crippen LogP contribution is 2.36. The normalized spacial score (nSPS) is 24.3. The van der Waals surface area contributed by atoms with Crippen LogP contribution in [0.3, 0.4) is 0 Å². The Kier molecular flexibility index (Phi) is 5.37. The third-order valence-corrected chi connectivity index (χ3v) is 6.38. The number of nitrogens with zero attached hydrogens (tertiary/aromatic N) is 2. The molecule has 1 saturated carbocycles. The number of piperidine rings is 1. The molecule has 0 radical (unpaired) electrons. The van der Waals surface area contributed by atoms with E-state index < -0.39 is 0 Å². The number of carbonyl (C=O) groups excluding carboxylic acids is 2. The molecule has 4 rings (SSSR count). The Hall–Kier alpha value is -2.04. The van der Waals surface area contributed by atoms with Gasteiger partial charge in [0.2, 0.25) is 0 Å². The van der Waals surface area contributed by atoms with E-state index in [0.717, 1.165) is 49.0 Å². The first kappa shape index (κ1) is 18.3. The minimum atomic E-state index is -0.282. The Morgan fingerprint density at radius 3 is 2.78 bits per heavy atom. The van der Waals surface area contributed by atoms with Crippen LogP contribution in [0.25, 0.3) is 0 Å². The number of carbonyl (C=O) groups is 2. The lowest BCUT2D eigenvalue weighted by Crippen LogP contribution is -2.49. The van der Waals surface area contributed by atoms with Gasteiger partial charge in [0.25, 0.3) is 5.91 Å². The summed E-state index contributed by atoms with van der Waals surface area (Å²) < 4.78 is 5.28. The molecule has 1 aromatic rings. The van der Waals surface area contributed by atoms with Gasteiger partial charge in [-0.25, -0.2) is 4.79 Å². The monoisotopic (exact) mass is 370 g/mol. The number of fused-ring (bicyclic) bond motifs is 2. The minimum Gasteiger partial charge on any atom is -0.449 e. The van der Waals surface area contributed by atoms with Gasteiger partial charge in [-0.05, 0) is 68.2 Å². The van der Waals surface area contributed by atoms with E-state index >= 15 is 0 Å². The van der Waals surface area contributed by atoms with Gasteiger partial charge < -0.3 is 9.64 Å². The van der Waals surface area contributed by atoms with Gasteiger partial charge in [0.15, 0.2) is 0 Å². The van der Waals surface area contributed by atoms with Gasteiger partial charge in [-0.15, -0.1) is 0 Å². The fourth-order valence-electron chi connectivity index (χ4n) is 5.03. The van der Waals surface area contributed by atoms with Crippen LogP contribution in [0, 0.1) is 5.92 Å². The molecule has 5 nitrogen and oxygen atoms in total. The Labute approximate surface area is 161 Å². The third kappa shape index (κ3) is 3.56. The summed E-state index contributed by atoms with van der Waals surface area (Å²) in [5, 5.41) is 0. The lowest BCUT2D eigenvalue weighted by molar-refractivity contribution is 0.0390. The fourth-order valence-corrected chi connectivity index (χ4v) is 5.03. The van der Waals surface area contributed by atoms with Gasteiger partial charge in [0, 0.05) is 24.7 Å². The lowest BCUT2D eigenvalue weighted by atomic mass is 9.78. The minimum absolute atomic E-state index is 0.168. The molecule has 0 spiro atoms. The zero-order chi connectivity index (χ0) is 18.8. The molecular formula is C22H30N2O3. The van der Waals surface area contributed by atoms with E-state index in [1.54, 1.807) is 4.90 Å². The molecule has 2 amide bonds. The SMILES string of the molecule is CCCOC(=O)N1CCc2cc(C(=O)N3CCC[C@H]4CCCC[C@H]43)ccc21. The van der Waals surface area contributed by atoms with E-state index in [1.807, 2.05) is 25.1 Å². The second-order valence-electron chi connectivity index (χ2n) is 8.11. The lowest BCUT2D eigenvalue weighted by Gasteiger charge is -2.44. The Morgan fingerprint density at radius 2 is 1.93 bits per heavy atom. The van der Waals surface area contributed by atoms with Crippen molar-refractivity contribution in [3.05, 3.63) is 29.3 Å². The van der Waals surface area contributed by atoms with Gasteiger partial charge in [0.05, 0.1) is 12.3 Å². The molecule has 0 unspecified atom stereocenters. The van der Waals surface area contributed by atoms with Crippen LogP contribution in [0.2, 0.25) is 0 Å². The molecule has 27 heavy (non-hydrogen) atoms. The molecular weight excluding hydrogens is 340 g/mol. The number of ether oxygens (including phenoxy) is 1. The largest absolute Gasteiger partial charge is 0.449 e. The Bertz CT molecular complexity index is 716. The van der Waals surface area contributed by atoms with E-state index in [0.29, 0.717) is 25.1 Å². The number of anilines is 1. The smallest absolute Gasteiger partial charge is 0.414 e. The van der Waals surface area contributed by atoms with E-state index in [9.17, 15) is 9.59 Å². The summed E-state index contributed by atoms with van der Waals surface area (Å²) in [5.74, 6) is 0.858. The summed E-state index contributed by atoms with van der Waals surface area (Å²) in [4.78, 5) is 29.3. The summed E-state index contributed by atoms with van der Waals surface area (Å²) >= 11 is 0. The maximum Gasteiger partial charge on any atom is 0.414 e. The van der Waals surface area contributed by atoms with Crippen LogP contribution in [-0.2, 0) is 11.2 Å².